The highest BCUT2D eigenvalue weighted by Gasteiger charge is 1.75. The Morgan fingerprint density at radius 2 is 2.33 bits per heavy atom. The molecule has 0 aliphatic rings. The Morgan fingerprint density at radius 1 is 1.83 bits per heavy atom. The Hall–Kier alpha value is -0.790. The van der Waals surface area contributed by atoms with Gasteiger partial charge in [0.2, 0.25) is 0 Å². The minimum Gasteiger partial charge on any atom is -0.268 e. The molecular formula is C4H6NO. The number of nitrogens with one attached hydrogen (secondary N) is 1. The summed E-state index contributed by atoms with van der Waals surface area (Å²) in [4.78, 5) is 9.62. The summed E-state index contributed by atoms with van der Waals surface area (Å²) in [7, 11) is 0. The Labute approximate surface area is 36.6 Å². The summed E-state index contributed by atoms with van der Waals surface area (Å²) in [5.74, 6) is -0.641. The van der Waals surface area contributed by atoms with Gasteiger partial charge in [-0.15, -0.1) is 0 Å². The van der Waals surface area contributed by atoms with Gasteiger partial charge >= 0.3 is 0 Å². The van der Waals surface area contributed by atoms with Gasteiger partial charge in [-0.1, -0.05) is 6.08 Å². The average Bonchev–Trinajstić information content (AvgIpc) is 1.35. The summed E-state index contributed by atoms with van der Waals surface area (Å²) in [6.07, 6.45) is 2.73. The lowest BCUT2D eigenvalue weighted by molar-refractivity contribution is -0.114. The first-order chi connectivity index (χ1) is 2.77. The zero-order valence-corrected chi connectivity index (χ0v) is 3.56. The lowest BCUT2D eigenvalue weighted by Crippen LogP contribution is -1.87. The molecule has 0 fully saturated rings. The van der Waals surface area contributed by atoms with Crippen molar-refractivity contribution in [1.82, 2.24) is 5.73 Å². The maximum atomic E-state index is 9.62. The molecule has 0 aliphatic heterocycles. The van der Waals surface area contributed by atoms with Crippen molar-refractivity contribution in [2.24, 2.45) is 0 Å². The van der Waals surface area contributed by atoms with E-state index in [9.17, 15) is 4.79 Å². The Balaban J connectivity index is 3.30. The molecule has 2 heteroatoms. The van der Waals surface area contributed by atoms with Crippen molar-refractivity contribution < 1.29 is 4.79 Å². The molecule has 0 rings (SSSR count). The third kappa shape index (κ3) is 3.21. The molecule has 0 bridgehead atoms. The van der Waals surface area contributed by atoms with E-state index in [1.165, 1.54) is 12.2 Å². The molecule has 0 aromatic carbocycles. The Morgan fingerprint density at radius 3 is 2.33 bits per heavy atom. The number of carbonyl (C=O) groups excluding carboxylic acids is 1. The Bertz CT molecular complexity index is 75.6. The van der Waals surface area contributed by atoms with Crippen molar-refractivity contribution in [3.63, 3.8) is 0 Å². The predicted molar refractivity (Wildman–Crippen MR) is 22.9 cm³/mol. The third-order valence-electron chi connectivity index (χ3n) is 0.318. The quantitative estimate of drug-likeness (QED) is 0.423. The van der Waals surface area contributed by atoms with E-state index in [-0.39, 0.29) is 0 Å². The van der Waals surface area contributed by atoms with Gasteiger partial charge in [0.15, 0.2) is 0 Å². The fourth-order valence-corrected chi connectivity index (χ4v) is 0.151. The third-order valence-corrected chi connectivity index (χ3v) is 0.318. The van der Waals surface area contributed by atoms with Gasteiger partial charge in [0.05, 0.1) is 0 Å². The first kappa shape index (κ1) is 5.21. The lowest BCUT2D eigenvalue weighted by atomic mass is 10.5. The number of hydrogen-bond acceptors (Lipinski definition) is 1. The standard InChI is InChI=1S/C4H6NO/c1-2-3-4(5)6/h2-3,5H,1H3. The summed E-state index contributed by atoms with van der Waals surface area (Å²) in [6, 6.07) is 0. The van der Waals surface area contributed by atoms with Crippen LogP contribution in [0.1, 0.15) is 6.92 Å². The number of hydrogen-bond donors (Lipinski definition) is 0. The van der Waals surface area contributed by atoms with Crippen molar-refractivity contribution in [2.45, 2.75) is 6.92 Å². The van der Waals surface area contributed by atoms with Crippen LogP contribution in [0.15, 0.2) is 12.2 Å². The second-order valence-corrected chi connectivity index (χ2v) is 0.864. The van der Waals surface area contributed by atoms with E-state index < -0.39 is 5.91 Å². The monoisotopic (exact) mass is 84.0 g/mol. The van der Waals surface area contributed by atoms with E-state index in [1.807, 2.05) is 0 Å². The first-order valence-electron chi connectivity index (χ1n) is 1.65. The number of amides is 1. The topological polar surface area (TPSA) is 40.9 Å². The molecule has 6 heavy (non-hydrogen) atoms. The highest BCUT2D eigenvalue weighted by Crippen LogP contribution is 1.64. The molecular weight excluding hydrogens is 78.0 g/mol. The molecule has 0 spiro atoms. The molecule has 1 amide bonds. The summed E-state index contributed by atoms with van der Waals surface area (Å²) in [5.41, 5.74) is 6.25. The van der Waals surface area contributed by atoms with Gasteiger partial charge < -0.3 is 0 Å². The van der Waals surface area contributed by atoms with Crippen LogP contribution >= 0.6 is 0 Å². The molecule has 1 radical (unpaired) electrons. The summed E-state index contributed by atoms with van der Waals surface area (Å²) in [6.45, 7) is 1.70. The molecule has 2 nitrogen and oxygen atoms in total. The van der Waals surface area contributed by atoms with Crippen molar-refractivity contribution in [1.29, 1.82) is 0 Å². The van der Waals surface area contributed by atoms with Crippen molar-refractivity contribution in [3.8, 4) is 0 Å². The fourth-order valence-electron chi connectivity index (χ4n) is 0.151. The van der Waals surface area contributed by atoms with E-state index in [2.05, 4.69) is 0 Å². The first-order valence-corrected chi connectivity index (χ1v) is 1.65. The van der Waals surface area contributed by atoms with Gasteiger partial charge in [-0.25, -0.2) is 0 Å². The normalized spacial score (nSPS) is 9.50. The Kier molecular flexibility index (Phi) is 2.13. The molecule has 0 saturated carbocycles. The highest BCUT2D eigenvalue weighted by molar-refractivity contribution is 5.84. The van der Waals surface area contributed by atoms with Crippen LogP contribution in [0.3, 0.4) is 0 Å². The largest absolute Gasteiger partial charge is 0.268 e. The molecule has 0 unspecified atom stereocenters. The van der Waals surface area contributed by atoms with Crippen LogP contribution < -0.4 is 5.73 Å². The van der Waals surface area contributed by atoms with E-state index in [0.29, 0.717) is 0 Å². The van der Waals surface area contributed by atoms with Gasteiger partial charge in [0, 0.05) is 6.08 Å². The fraction of sp³-hybridized carbons (Fsp3) is 0.250. The van der Waals surface area contributed by atoms with E-state index in [0.717, 1.165) is 0 Å². The average molecular weight is 84.1 g/mol. The molecule has 0 saturated heterocycles. The minimum atomic E-state index is -0.641. The summed E-state index contributed by atoms with van der Waals surface area (Å²) in [5, 5.41) is 0. The predicted octanol–water partition coefficient (Wildman–Crippen LogP) is 0.372. The molecule has 0 aliphatic carbocycles. The van der Waals surface area contributed by atoms with Crippen molar-refractivity contribution in [3.05, 3.63) is 12.2 Å². The van der Waals surface area contributed by atoms with Crippen LogP contribution in [0, 0.1) is 0 Å². The second-order valence-electron chi connectivity index (χ2n) is 0.864. The van der Waals surface area contributed by atoms with Crippen LogP contribution in [0.5, 0.6) is 0 Å². The zero-order chi connectivity index (χ0) is 4.99. The number of allylic oxidation sites excluding steroid dienone is 1. The second kappa shape index (κ2) is 2.45. The van der Waals surface area contributed by atoms with Gasteiger partial charge in [0.25, 0.3) is 5.91 Å². The van der Waals surface area contributed by atoms with Crippen molar-refractivity contribution in [2.75, 3.05) is 0 Å². The molecule has 0 aromatic rings. The van der Waals surface area contributed by atoms with Gasteiger partial charge in [-0.05, 0) is 6.92 Å². The van der Waals surface area contributed by atoms with Gasteiger partial charge in [-0.2, -0.15) is 0 Å². The maximum Gasteiger partial charge on any atom is 0.262 e. The van der Waals surface area contributed by atoms with Crippen LogP contribution in [0.4, 0.5) is 0 Å². The van der Waals surface area contributed by atoms with E-state index in [1.54, 1.807) is 6.92 Å². The van der Waals surface area contributed by atoms with Crippen LogP contribution in [-0.2, 0) is 4.79 Å². The maximum absolute atomic E-state index is 9.62. The zero-order valence-electron chi connectivity index (χ0n) is 3.56. The number of rotatable bonds is 1. The lowest BCUT2D eigenvalue weighted by Gasteiger charge is -1.67. The van der Waals surface area contributed by atoms with Crippen molar-refractivity contribution >= 4 is 5.91 Å². The van der Waals surface area contributed by atoms with E-state index in [4.69, 9.17) is 5.73 Å². The smallest absolute Gasteiger partial charge is 0.262 e. The molecule has 0 aromatic heterocycles. The van der Waals surface area contributed by atoms with Gasteiger partial charge in [0.1, 0.15) is 0 Å². The SMILES string of the molecule is CC=CC([NH])=O. The minimum absolute atomic E-state index is 0.641. The van der Waals surface area contributed by atoms with Crippen LogP contribution in [0.2, 0.25) is 0 Å². The van der Waals surface area contributed by atoms with Crippen LogP contribution in [-0.4, -0.2) is 5.91 Å². The molecule has 1 N–H and O–H groups in total. The molecule has 0 heterocycles. The summed E-state index contributed by atoms with van der Waals surface area (Å²) >= 11 is 0. The number of carbonyl (C=O) groups is 1. The molecule has 33 valence electrons. The highest BCUT2D eigenvalue weighted by atomic mass is 16.1. The van der Waals surface area contributed by atoms with Gasteiger partial charge in [-0.3, -0.25) is 10.5 Å². The van der Waals surface area contributed by atoms with E-state index >= 15 is 0 Å². The van der Waals surface area contributed by atoms with Crippen LogP contribution in [0.25, 0.3) is 0 Å². The molecule has 0 atom stereocenters. The summed E-state index contributed by atoms with van der Waals surface area (Å²) < 4.78 is 0.